The van der Waals surface area contributed by atoms with Gasteiger partial charge in [0.05, 0.1) is 0 Å². The van der Waals surface area contributed by atoms with Crippen molar-refractivity contribution >= 4 is 8.72 Å². The van der Waals surface area contributed by atoms with E-state index in [1.807, 2.05) is 14.2 Å². The van der Waals surface area contributed by atoms with Crippen molar-refractivity contribution in [1.82, 2.24) is 4.57 Å². The molecule has 112 valence electrons. The van der Waals surface area contributed by atoms with Crippen LogP contribution in [-0.2, 0) is 8.85 Å². The van der Waals surface area contributed by atoms with Crippen LogP contribution < -0.4 is 0 Å². The predicted molar refractivity (Wildman–Crippen MR) is 81.1 cm³/mol. The van der Waals surface area contributed by atoms with Gasteiger partial charge in [-0.25, -0.2) is 0 Å². The van der Waals surface area contributed by atoms with Gasteiger partial charge >= 0.3 is 8.72 Å². The smallest absolute Gasteiger partial charge is 0.386 e. The number of hydrogen-bond donors (Lipinski definition) is 0. The van der Waals surface area contributed by atoms with E-state index in [-0.39, 0.29) is 0 Å². The van der Waals surface area contributed by atoms with Crippen LogP contribution in [0, 0.1) is 11.8 Å². The van der Waals surface area contributed by atoms with Gasteiger partial charge in [-0.05, 0) is 37.8 Å². The Morgan fingerprint density at radius 2 is 1.74 bits per heavy atom. The molecular weight excluding hydrogens is 254 g/mol. The highest BCUT2D eigenvalue weighted by atomic mass is 28.4. The van der Waals surface area contributed by atoms with Gasteiger partial charge in [-0.15, -0.1) is 0 Å². The van der Waals surface area contributed by atoms with Gasteiger partial charge < -0.3 is 8.85 Å². The van der Waals surface area contributed by atoms with Crippen LogP contribution in [-0.4, -0.2) is 40.6 Å². The van der Waals surface area contributed by atoms with Crippen molar-refractivity contribution in [2.24, 2.45) is 11.8 Å². The van der Waals surface area contributed by atoms with E-state index in [2.05, 4.69) is 11.5 Å². The van der Waals surface area contributed by atoms with Crippen molar-refractivity contribution in [1.29, 1.82) is 0 Å². The van der Waals surface area contributed by atoms with Crippen molar-refractivity contribution in [3.05, 3.63) is 0 Å². The van der Waals surface area contributed by atoms with Crippen LogP contribution in [0.2, 0.25) is 6.04 Å². The maximum Gasteiger partial charge on any atom is 0.427 e. The Kier molecular flexibility index (Phi) is 5.87. The lowest BCUT2D eigenvalue weighted by molar-refractivity contribution is 0.0800. The first-order valence-corrected chi connectivity index (χ1v) is 10.1. The zero-order chi connectivity index (χ0) is 13.7. The quantitative estimate of drug-likeness (QED) is 0.697. The molecule has 3 nitrogen and oxygen atoms in total. The molecule has 0 N–H and O–H groups in total. The Hall–Kier alpha value is 0.0969. The molecule has 0 radical (unpaired) electrons. The topological polar surface area (TPSA) is 21.7 Å². The third-order valence-corrected chi connectivity index (χ3v) is 8.89. The fourth-order valence-electron chi connectivity index (χ4n) is 4.01. The minimum Gasteiger partial charge on any atom is -0.386 e. The van der Waals surface area contributed by atoms with E-state index >= 15 is 0 Å². The van der Waals surface area contributed by atoms with Gasteiger partial charge in [0.2, 0.25) is 0 Å². The van der Waals surface area contributed by atoms with Gasteiger partial charge in [-0.1, -0.05) is 39.0 Å². The maximum absolute atomic E-state index is 5.95. The molecule has 19 heavy (non-hydrogen) atoms. The summed E-state index contributed by atoms with van der Waals surface area (Å²) in [6.07, 6.45) is 9.57. The molecule has 2 unspecified atom stereocenters. The number of piperidine rings is 1. The molecule has 1 aliphatic heterocycles. The number of fused-ring (bicyclic) bond motifs is 1. The van der Waals surface area contributed by atoms with Crippen molar-refractivity contribution in [3.63, 3.8) is 0 Å². The van der Waals surface area contributed by atoms with Gasteiger partial charge in [0, 0.05) is 20.3 Å². The molecule has 2 rings (SSSR count). The first-order valence-electron chi connectivity index (χ1n) is 8.11. The lowest BCUT2D eigenvalue weighted by Crippen LogP contribution is -2.61. The van der Waals surface area contributed by atoms with E-state index in [1.165, 1.54) is 58.0 Å². The van der Waals surface area contributed by atoms with Crippen molar-refractivity contribution in [3.8, 4) is 0 Å². The van der Waals surface area contributed by atoms with Gasteiger partial charge in [-0.2, -0.15) is 0 Å². The molecule has 0 spiro atoms. The minimum absolute atomic E-state index is 0.904. The summed E-state index contributed by atoms with van der Waals surface area (Å²) < 4.78 is 14.5. The van der Waals surface area contributed by atoms with Crippen LogP contribution in [0.5, 0.6) is 0 Å². The molecular formula is C15H31NO2Si. The van der Waals surface area contributed by atoms with E-state index in [9.17, 15) is 0 Å². The molecule has 1 heterocycles. The molecule has 2 aliphatic rings. The first-order chi connectivity index (χ1) is 9.25. The Bertz CT molecular complexity index is 271. The van der Waals surface area contributed by atoms with Gasteiger partial charge in [0.15, 0.2) is 0 Å². The van der Waals surface area contributed by atoms with Crippen molar-refractivity contribution in [2.75, 3.05) is 27.3 Å². The molecule has 1 aliphatic carbocycles. The Labute approximate surface area is 120 Å². The predicted octanol–water partition coefficient (Wildman–Crippen LogP) is 3.53. The molecule has 0 aromatic rings. The Morgan fingerprint density at radius 3 is 2.37 bits per heavy atom. The number of hydrogen-bond acceptors (Lipinski definition) is 3. The Balaban J connectivity index is 2.01. The number of rotatable bonds is 6. The maximum atomic E-state index is 5.95. The number of nitrogens with zero attached hydrogens (tertiary/aromatic N) is 1. The molecule has 0 aromatic carbocycles. The third kappa shape index (κ3) is 3.41. The summed E-state index contributed by atoms with van der Waals surface area (Å²) >= 11 is 0. The molecule has 0 aromatic heterocycles. The van der Waals surface area contributed by atoms with E-state index in [0.29, 0.717) is 0 Å². The highest BCUT2D eigenvalue weighted by molar-refractivity contribution is 6.64. The van der Waals surface area contributed by atoms with E-state index in [4.69, 9.17) is 8.85 Å². The van der Waals surface area contributed by atoms with Crippen LogP contribution in [0.15, 0.2) is 0 Å². The zero-order valence-electron chi connectivity index (χ0n) is 13.0. The molecule has 0 bridgehead atoms. The number of unbranched alkanes of at least 4 members (excludes halogenated alkanes) is 1. The SMILES string of the molecule is CCCC[Si](OC)(OC)N1CCC2CCCCC2C1. The van der Waals surface area contributed by atoms with E-state index in [0.717, 1.165) is 17.9 Å². The van der Waals surface area contributed by atoms with Gasteiger partial charge in [0.25, 0.3) is 0 Å². The van der Waals surface area contributed by atoms with E-state index in [1.54, 1.807) is 0 Å². The van der Waals surface area contributed by atoms with Crippen LogP contribution in [0.3, 0.4) is 0 Å². The standard InChI is InChI=1S/C15H31NO2Si/c1-4-5-12-19(17-2,18-3)16-11-10-14-8-6-7-9-15(14)13-16/h14-15H,4-13H2,1-3H3. The summed E-state index contributed by atoms with van der Waals surface area (Å²) in [7, 11) is 1.61. The largest absolute Gasteiger partial charge is 0.427 e. The normalized spacial score (nSPS) is 29.2. The fourth-order valence-corrected chi connectivity index (χ4v) is 7.20. The molecule has 1 saturated carbocycles. The molecule has 1 saturated heterocycles. The second-order valence-electron chi connectivity index (χ2n) is 6.26. The molecule has 2 fully saturated rings. The highest BCUT2D eigenvalue weighted by Crippen LogP contribution is 2.38. The average molecular weight is 286 g/mol. The average Bonchev–Trinajstić information content (AvgIpc) is 2.49. The van der Waals surface area contributed by atoms with E-state index < -0.39 is 8.72 Å². The summed E-state index contributed by atoms with van der Waals surface area (Å²) in [4.78, 5) is 0. The molecule has 0 amide bonds. The van der Waals surface area contributed by atoms with Gasteiger partial charge in [0.1, 0.15) is 0 Å². The lowest BCUT2D eigenvalue weighted by atomic mass is 9.76. The van der Waals surface area contributed by atoms with Crippen molar-refractivity contribution < 1.29 is 8.85 Å². The monoisotopic (exact) mass is 285 g/mol. The summed E-state index contributed by atoms with van der Waals surface area (Å²) in [6.45, 7) is 4.67. The fraction of sp³-hybridized carbons (Fsp3) is 1.00. The zero-order valence-corrected chi connectivity index (χ0v) is 14.0. The summed E-state index contributed by atoms with van der Waals surface area (Å²) in [5.41, 5.74) is 0. The molecule has 4 heteroatoms. The highest BCUT2D eigenvalue weighted by Gasteiger charge is 2.46. The third-order valence-electron chi connectivity index (χ3n) is 5.26. The van der Waals surface area contributed by atoms with Crippen LogP contribution >= 0.6 is 0 Å². The van der Waals surface area contributed by atoms with Crippen molar-refractivity contribution in [2.45, 2.75) is 57.9 Å². The Morgan fingerprint density at radius 1 is 1.05 bits per heavy atom. The summed E-state index contributed by atoms with van der Waals surface area (Å²) in [5.74, 6) is 1.89. The summed E-state index contributed by atoms with van der Waals surface area (Å²) in [5, 5.41) is 0. The van der Waals surface area contributed by atoms with Crippen LogP contribution in [0.1, 0.15) is 51.9 Å². The lowest BCUT2D eigenvalue weighted by Gasteiger charge is -2.47. The molecule has 2 atom stereocenters. The van der Waals surface area contributed by atoms with Gasteiger partial charge in [-0.3, -0.25) is 4.57 Å². The van der Waals surface area contributed by atoms with Crippen LogP contribution in [0.4, 0.5) is 0 Å². The first kappa shape index (κ1) is 15.5. The second-order valence-corrected chi connectivity index (χ2v) is 9.64. The minimum atomic E-state index is -2.11. The second kappa shape index (κ2) is 7.20. The summed E-state index contributed by atoms with van der Waals surface area (Å²) in [6, 6.07) is 1.12. The van der Waals surface area contributed by atoms with Crippen LogP contribution in [0.25, 0.3) is 0 Å².